The van der Waals surface area contributed by atoms with E-state index < -0.39 is 23.8 Å². The zero-order chi connectivity index (χ0) is 14.0. The van der Waals surface area contributed by atoms with Gasteiger partial charge in [-0.2, -0.15) is 13.2 Å². The van der Waals surface area contributed by atoms with Crippen LogP contribution in [0.3, 0.4) is 0 Å². The van der Waals surface area contributed by atoms with Gasteiger partial charge in [-0.3, -0.25) is 4.79 Å². The molecule has 0 radical (unpaired) electrons. The second-order valence-corrected chi connectivity index (χ2v) is 4.13. The van der Waals surface area contributed by atoms with Crippen molar-refractivity contribution >= 4 is 11.6 Å². The summed E-state index contributed by atoms with van der Waals surface area (Å²) in [6.07, 6.45) is -5.21. The van der Waals surface area contributed by atoms with Gasteiger partial charge in [0, 0.05) is 0 Å². The van der Waals surface area contributed by atoms with Gasteiger partial charge in [0.1, 0.15) is 6.61 Å². The monoisotopic (exact) mass is 275 g/mol. The van der Waals surface area contributed by atoms with E-state index in [-0.39, 0.29) is 25.4 Å². The van der Waals surface area contributed by atoms with E-state index in [0.717, 1.165) is 11.0 Å². The van der Waals surface area contributed by atoms with Crippen LogP contribution in [-0.2, 0) is 15.7 Å². The molecule has 1 unspecified atom stereocenters. The molecular formula is C12H12F3NO3. The fourth-order valence-electron chi connectivity index (χ4n) is 1.92. The maximum Gasteiger partial charge on any atom is 0.418 e. The van der Waals surface area contributed by atoms with Crippen LogP contribution in [0.25, 0.3) is 0 Å². The number of morpholine rings is 1. The molecule has 4 nitrogen and oxygen atoms in total. The van der Waals surface area contributed by atoms with E-state index in [0.29, 0.717) is 0 Å². The Hall–Kier alpha value is -1.60. The molecule has 1 fully saturated rings. The third-order valence-electron chi connectivity index (χ3n) is 2.83. The third kappa shape index (κ3) is 2.87. The van der Waals surface area contributed by atoms with Gasteiger partial charge >= 0.3 is 6.18 Å². The van der Waals surface area contributed by atoms with Gasteiger partial charge in [0.15, 0.2) is 0 Å². The van der Waals surface area contributed by atoms with Crippen molar-refractivity contribution in [2.24, 2.45) is 0 Å². The number of anilines is 1. The van der Waals surface area contributed by atoms with Crippen molar-refractivity contribution in [3.8, 4) is 0 Å². The zero-order valence-electron chi connectivity index (χ0n) is 9.85. The van der Waals surface area contributed by atoms with Gasteiger partial charge in [-0.15, -0.1) is 0 Å². The molecule has 7 heteroatoms. The maximum atomic E-state index is 12.9. The van der Waals surface area contributed by atoms with Gasteiger partial charge in [-0.25, -0.2) is 0 Å². The highest BCUT2D eigenvalue weighted by Crippen LogP contribution is 2.37. The van der Waals surface area contributed by atoms with Crippen molar-refractivity contribution in [2.45, 2.75) is 12.3 Å². The fraction of sp³-hybridized carbons (Fsp3) is 0.417. The Bertz CT molecular complexity index is 476. The molecule has 1 aromatic carbocycles. The highest BCUT2D eigenvalue weighted by Gasteiger charge is 2.37. The Morgan fingerprint density at radius 1 is 1.37 bits per heavy atom. The number of para-hydroxylation sites is 1. The highest BCUT2D eigenvalue weighted by atomic mass is 19.4. The van der Waals surface area contributed by atoms with Crippen molar-refractivity contribution in [2.75, 3.05) is 24.7 Å². The number of aliphatic hydroxyl groups excluding tert-OH is 1. The summed E-state index contributed by atoms with van der Waals surface area (Å²) in [6, 6.07) is 4.86. The number of halogens is 3. The predicted molar refractivity (Wildman–Crippen MR) is 60.6 cm³/mol. The van der Waals surface area contributed by atoms with E-state index in [4.69, 9.17) is 9.84 Å². The summed E-state index contributed by atoms with van der Waals surface area (Å²) in [5, 5.41) is 8.99. The van der Waals surface area contributed by atoms with Crippen molar-refractivity contribution < 1.29 is 27.8 Å². The summed E-state index contributed by atoms with van der Waals surface area (Å²) in [4.78, 5) is 12.7. The van der Waals surface area contributed by atoms with Crippen LogP contribution in [-0.4, -0.2) is 36.9 Å². The van der Waals surface area contributed by atoms with Gasteiger partial charge in [-0.1, -0.05) is 12.1 Å². The second kappa shape index (κ2) is 5.18. The molecule has 1 aliphatic rings. The number of alkyl halides is 3. The smallest absolute Gasteiger partial charge is 0.394 e. The largest absolute Gasteiger partial charge is 0.418 e. The SMILES string of the molecule is O=C1COC(CO)CN1c1ccccc1C(F)(F)F. The molecule has 1 heterocycles. The quantitative estimate of drug-likeness (QED) is 0.888. The van der Waals surface area contributed by atoms with E-state index >= 15 is 0 Å². The number of carbonyl (C=O) groups excluding carboxylic acids is 1. The van der Waals surface area contributed by atoms with Crippen LogP contribution in [0.15, 0.2) is 24.3 Å². The molecule has 0 bridgehead atoms. The van der Waals surface area contributed by atoms with Gasteiger partial charge < -0.3 is 14.7 Å². The summed E-state index contributed by atoms with van der Waals surface area (Å²) in [5.74, 6) is -0.554. The van der Waals surface area contributed by atoms with Crippen LogP contribution in [0.5, 0.6) is 0 Å². The predicted octanol–water partition coefficient (Wildman–Crippen LogP) is 1.43. The van der Waals surface area contributed by atoms with Crippen LogP contribution in [0, 0.1) is 0 Å². The Morgan fingerprint density at radius 3 is 2.68 bits per heavy atom. The average molecular weight is 275 g/mol. The maximum absolute atomic E-state index is 12.9. The van der Waals surface area contributed by atoms with Gasteiger partial charge in [0.05, 0.1) is 30.5 Å². The molecule has 1 atom stereocenters. The zero-order valence-corrected chi connectivity index (χ0v) is 9.85. The topological polar surface area (TPSA) is 49.8 Å². The fourth-order valence-corrected chi connectivity index (χ4v) is 1.92. The van der Waals surface area contributed by atoms with Crippen molar-refractivity contribution in [1.82, 2.24) is 0 Å². The number of nitrogens with zero attached hydrogens (tertiary/aromatic N) is 1. The number of carbonyl (C=O) groups is 1. The van der Waals surface area contributed by atoms with Crippen LogP contribution in [0.4, 0.5) is 18.9 Å². The molecule has 19 heavy (non-hydrogen) atoms. The van der Waals surface area contributed by atoms with Crippen LogP contribution < -0.4 is 4.90 Å². The minimum absolute atomic E-state index is 0.0948. The number of rotatable bonds is 2. The van der Waals surface area contributed by atoms with Crippen molar-refractivity contribution in [3.05, 3.63) is 29.8 Å². The Labute approximate surface area is 107 Å². The second-order valence-electron chi connectivity index (χ2n) is 4.13. The number of hydrogen-bond donors (Lipinski definition) is 1. The first-order valence-electron chi connectivity index (χ1n) is 5.62. The molecule has 1 aromatic rings. The first kappa shape index (κ1) is 13.8. The molecule has 2 rings (SSSR count). The van der Waals surface area contributed by atoms with Gasteiger partial charge in [0.25, 0.3) is 5.91 Å². The number of aliphatic hydroxyl groups is 1. The normalized spacial score (nSPS) is 20.7. The van der Waals surface area contributed by atoms with Gasteiger partial charge in [-0.05, 0) is 12.1 Å². The Kier molecular flexibility index (Phi) is 3.77. The third-order valence-corrected chi connectivity index (χ3v) is 2.83. The van der Waals surface area contributed by atoms with Gasteiger partial charge in [0.2, 0.25) is 0 Å². The summed E-state index contributed by atoms with van der Waals surface area (Å²) in [7, 11) is 0. The lowest BCUT2D eigenvalue weighted by Crippen LogP contribution is -2.48. The molecule has 1 amide bonds. The minimum Gasteiger partial charge on any atom is -0.394 e. The molecule has 0 aromatic heterocycles. The average Bonchev–Trinajstić information content (AvgIpc) is 2.38. The van der Waals surface area contributed by atoms with Crippen molar-refractivity contribution in [3.63, 3.8) is 0 Å². The Morgan fingerprint density at radius 2 is 2.05 bits per heavy atom. The minimum atomic E-state index is -4.54. The molecule has 1 N–H and O–H groups in total. The van der Waals surface area contributed by atoms with Crippen LogP contribution in [0.2, 0.25) is 0 Å². The molecule has 0 spiro atoms. The first-order chi connectivity index (χ1) is 8.93. The number of ether oxygens (including phenoxy) is 1. The molecule has 0 saturated carbocycles. The van der Waals surface area contributed by atoms with E-state index in [2.05, 4.69) is 0 Å². The highest BCUT2D eigenvalue weighted by molar-refractivity contribution is 5.95. The molecule has 104 valence electrons. The lowest BCUT2D eigenvalue weighted by molar-refractivity contribution is -0.137. The molecular weight excluding hydrogens is 263 g/mol. The van der Waals surface area contributed by atoms with Crippen LogP contribution >= 0.6 is 0 Å². The molecule has 0 aliphatic carbocycles. The van der Waals surface area contributed by atoms with E-state index in [1.54, 1.807) is 0 Å². The summed E-state index contributed by atoms with van der Waals surface area (Å²) >= 11 is 0. The molecule has 1 aliphatic heterocycles. The van der Waals surface area contributed by atoms with Crippen LogP contribution in [0.1, 0.15) is 5.56 Å². The lowest BCUT2D eigenvalue weighted by atomic mass is 10.1. The first-order valence-corrected chi connectivity index (χ1v) is 5.62. The summed E-state index contributed by atoms with van der Waals surface area (Å²) < 4.78 is 43.7. The number of benzene rings is 1. The van der Waals surface area contributed by atoms with Crippen molar-refractivity contribution in [1.29, 1.82) is 0 Å². The number of hydrogen-bond acceptors (Lipinski definition) is 3. The summed E-state index contributed by atoms with van der Waals surface area (Å²) in [6.45, 7) is -0.780. The lowest BCUT2D eigenvalue weighted by Gasteiger charge is -2.33. The van der Waals surface area contributed by atoms with E-state index in [1.165, 1.54) is 18.2 Å². The van der Waals surface area contributed by atoms with E-state index in [9.17, 15) is 18.0 Å². The summed E-state index contributed by atoms with van der Waals surface area (Å²) in [5.41, 5.74) is -1.08. The Balaban J connectivity index is 2.37. The van der Waals surface area contributed by atoms with E-state index in [1.807, 2.05) is 0 Å². The molecule has 1 saturated heterocycles. The standard InChI is InChI=1S/C12H12F3NO3/c13-12(14,15)9-3-1-2-4-10(9)16-5-8(6-17)19-7-11(16)18/h1-4,8,17H,5-7H2. The number of amides is 1.